The molecule has 1 heterocycles. The van der Waals surface area contributed by atoms with Crippen molar-refractivity contribution in [2.24, 2.45) is 23.7 Å². The lowest BCUT2D eigenvalue weighted by Gasteiger charge is -2.24. The van der Waals surface area contributed by atoms with Gasteiger partial charge in [-0.2, -0.15) is 0 Å². The molecular weight excluding hydrogens is 332 g/mol. The summed E-state index contributed by atoms with van der Waals surface area (Å²) in [5.41, 5.74) is 0.438. The van der Waals surface area contributed by atoms with Crippen LogP contribution in [0, 0.1) is 23.7 Å². The van der Waals surface area contributed by atoms with E-state index in [0.29, 0.717) is 10.6 Å². The second-order valence-electron chi connectivity index (χ2n) is 6.87. The Kier molecular flexibility index (Phi) is 3.64. The molecule has 2 aliphatic carbocycles. The van der Waals surface area contributed by atoms with Crippen LogP contribution >= 0.6 is 11.6 Å². The molecule has 24 heavy (non-hydrogen) atoms. The summed E-state index contributed by atoms with van der Waals surface area (Å²) < 4.78 is 10.7. The molecule has 2 bridgehead atoms. The number of fused-ring (bicyclic) bond motifs is 1. The lowest BCUT2D eigenvalue weighted by molar-refractivity contribution is -0.157. The van der Waals surface area contributed by atoms with Crippen LogP contribution in [0.15, 0.2) is 24.3 Å². The summed E-state index contributed by atoms with van der Waals surface area (Å²) in [6, 6.07) is 6.44. The molecule has 6 atom stereocenters. The highest BCUT2D eigenvalue weighted by Gasteiger charge is 2.64. The van der Waals surface area contributed by atoms with E-state index in [1.807, 2.05) is 0 Å². The molecule has 0 amide bonds. The Balaban J connectivity index is 1.45. The van der Waals surface area contributed by atoms with Crippen molar-refractivity contribution in [2.45, 2.75) is 32.0 Å². The summed E-state index contributed by atoms with van der Waals surface area (Å²) in [5, 5.41) is 0.535. The fourth-order valence-corrected chi connectivity index (χ4v) is 4.61. The molecule has 3 aliphatic rings. The number of benzene rings is 1. The maximum atomic E-state index is 12.6. The fraction of sp³-hybridized carbons (Fsp3) is 0.500. The highest BCUT2D eigenvalue weighted by molar-refractivity contribution is 6.30. The molecule has 1 aromatic rings. The molecule has 126 valence electrons. The Morgan fingerprint density at radius 1 is 1.25 bits per heavy atom. The Bertz CT molecular complexity index is 711. The van der Waals surface area contributed by atoms with Gasteiger partial charge in [-0.25, -0.2) is 0 Å². The summed E-state index contributed by atoms with van der Waals surface area (Å²) in [6.45, 7) is 1.55. The second kappa shape index (κ2) is 5.59. The number of halogens is 1. The van der Waals surface area contributed by atoms with Crippen molar-refractivity contribution < 1.29 is 23.9 Å². The first kappa shape index (κ1) is 15.6. The SMILES string of the molecule is C[C@H](OC(=O)[C@@H]1[C@@H]2C[C@@H]3[C@H]1C(=O)O[C@H]3C2)C(=O)c1ccc(Cl)cc1. The van der Waals surface area contributed by atoms with E-state index >= 15 is 0 Å². The Hall–Kier alpha value is -1.88. The van der Waals surface area contributed by atoms with Crippen molar-refractivity contribution in [3.8, 4) is 0 Å². The summed E-state index contributed by atoms with van der Waals surface area (Å²) >= 11 is 5.81. The first-order valence-corrected chi connectivity index (χ1v) is 8.54. The molecule has 1 aromatic carbocycles. The standard InChI is InChI=1S/C18H17ClO5/c1-8(16(20)9-2-4-11(19)5-3-9)23-17(21)14-10-6-12-13(7-10)24-18(22)15(12)14/h2-5,8,10,12-15H,6-7H2,1H3/t8-,10+,12-,13-,14+,15+/m0/s1. The third kappa shape index (κ3) is 2.34. The smallest absolute Gasteiger partial charge is 0.310 e. The molecule has 2 saturated carbocycles. The van der Waals surface area contributed by atoms with Crippen molar-refractivity contribution in [1.82, 2.24) is 0 Å². The number of carbonyl (C=O) groups is 3. The van der Waals surface area contributed by atoms with Crippen LogP contribution in [0.3, 0.4) is 0 Å². The van der Waals surface area contributed by atoms with Crippen LogP contribution in [0.1, 0.15) is 30.1 Å². The largest absolute Gasteiger partial charge is 0.462 e. The van der Waals surface area contributed by atoms with Gasteiger partial charge in [-0.05, 0) is 49.9 Å². The number of Topliss-reactive ketones (excluding diaryl/α,β-unsaturated/α-hetero) is 1. The van der Waals surface area contributed by atoms with E-state index < -0.39 is 18.0 Å². The number of hydrogen-bond acceptors (Lipinski definition) is 5. The number of esters is 2. The molecule has 0 unspecified atom stereocenters. The third-order valence-corrected chi connectivity index (χ3v) is 5.80. The summed E-state index contributed by atoms with van der Waals surface area (Å²) in [5.74, 6) is -1.62. The fourth-order valence-electron chi connectivity index (χ4n) is 4.48. The van der Waals surface area contributed by atoms with Gasteiger partial charge in [0.15, 0.2) is 6.10 Å². The van der Waals surface area contributed by atoms with Gasteiger partial charge in [-0.1, -0.05) is 11.6 Å². The summed E-state index contributed by atoms with van der Waals surface area (Å²) in [6.07, 6.45) is 0.641. The van der Waals surface area contributed by atoms with E-state index in [0.717, 1.165) is 12.8 Å². The number of ether oxygens (including phenoxy) is 2. The molecule has 3 fully saturated rings. The zero-order chi connectivity index (χ0) is 17.0. The molecule has 5 nitrogen and oxygen atoms in total. The van der Waals surface area contributed by atoms with Crippen LogP contribution in [0.2, 0.25) is 5.02 Å². The van der Waals surface area contributed by atoms with E-state index in [-0.39, 0.29) is 35.6 Å². The van der Waals surface area contributed by atoms with Gasteiger partial charge in [0.1, 0.15) is 6.10 Å². The van der Waals surface area contributed by atoms with Crippen molar-refractivity contribution in [2.75, 3.05) is 0 Å². The number of rotatable bonds is 4. The van der Waals surface area contributed by atoms with Gasteiger partial charge in [0.25, 0.3) is 0 Å². The minimum atomic E-state index is -0.897. The predicted molar refractivity (Wildman–Crippen MR) is 84.4 cm³/mol. The van der Waals surface area contributed by atoms with Gasteiger partial charge in [0.2, 0.25) is 5.78 Å². The lowest BCUT2D eigenvalue weighted by Crippen LogP contribution is -2.36. The van der Waals surface area contributed by atoms with Gasteiger partial charge in [-0.3, -0.25) is 14.4 Å². The maximum Gasteiger partial charge on any atom is 0.310 e. The van der Waals surface area contributed by atoms with Crippen molar-refractivity contribution >= 4 is 29.3 Å². The number of hydrogen-bond donors (Lipinski definition) is 0. The third-order valence-electron chi connectivity index (χ3n) is 5.55. The lowest BCUT2D eigenvalue weighted by atomic mass is 9.80. The second-order valence-corrected chi connectivity index (χ2v) is 7.31. The topological polar surface area (TPSA) is 69.7 Å². The Morgan fingerprint density at radius 2 is 1.96 bits per heavy atom. The predicted octanol–water partition coefficient (Wildman–Crippen LogP) is 2.65. The highest BCUT2D eigenvalue weighted by atomic mass is 35.5. The zero-order valence-corrected chi connectivity index (χ0v) is 13.9. The van der Waals surface area contributed by atoms with E-state index in [1.54, 1.807) is 31.2 Å². The first-order valence-electron chi connectivity index (χ1n) is 8.16. The molecule has 0 N–H and O–H groups in total. The van der Waals surface area contributed by atoms with Gasteiger partial charge in [0.05, 0.1) is 11.8 Å². The van der Waals surface area contributed by atoms with Gasteiger partial charge in [0, 0.05) is 16.5 Å². The zero-order valence-electron chi connectivity index (χ0n) is 13.1. The van der Waals surface area contributed by atoms with Crippen molar-refractivity contribution in [1.29, 1.82) is 0 Å². The minimum absolute atomic E-state index is 0.0235. The average molecular weight is 349 g/mol. The van der Waals surface area contributed by atoms with E-state index in [1.165, 1.54) is 0 Å². The van der Waals surface area contributed by atoms with Crippen LogP contribution in [0.25, 0.3) is 0 Å². The highest BCUT2D eigenvalue weighted by Crippen LogP contribution is 2.58. The van der Waals surface area contributed by atoms with Gasteiger partial charge in [-0.15, -0.1) is 0 Å². The summed E-state index contributed by atoms with van der Waals surface area (Å²) in [7, 11) is 0. The van der Waals surface area contributed by atoms with Crippen LogP contribution < -0.4 is 0 Å². The molecule has 0 radical (unpaired) electrons. The molecule has 0 spiro atoms. The monoisotopic (exact) mass is 348 g/mol. The molecule has 1 aliphatic heterocycles. The Labute approximate surface area is 144 Å². The Morgan fingerprint density at radius 3 is 2.67 bits per heavy atom. The van der Waals surface area contributed by atoms with Crippen LogP contribution in [-0.2, 0) is 19.1 Å². The van der Waals surface area contributed by atoms with Crippen LogP contribution in [0.5, 0.6) is 0 Å². The summed E-state index contributed by atoms with van der Waals surface area (Å²) in [4.78, 5) is 36.9. The normalized spacial score (nSPS) is 34.1. The molecule has 6 heteroatoms. The van der Waals surface area contributed by atoms with Gasteiger partial charge >= 0.3 is 11.9 Å². The van der Waals surface area contributed by atoms with Crippen LogP contribution in [0.4, 0.5) is 0 Å². The minimum Gasteiger partial charge on any atom is -0.462 e. The average Bonchev–Trinajstić information content (AvgIpc) is 3.16. The first-order chi connectivity index (χ1) is 11.5. The number of carbonyl (C=O) groups excluding carboxylic acids is 3. The molecule has 1 saturated heterocycles. The van der Waals surface area contributed by atoms with Crippen LogP contribution in [-0.4, -0.2) is 29.9 Å². The quantitative estimate of drug-likeness (QED) is 0.618. The van der Waals surface area contributed by atoms with Gasteiger partial charge < -0.3 is 9.47 Å². The molecular formula is C18H17ClO5. The van der Waals surface area contributed by atoms with E-state index in [2.05, 4.69) is 0 Å². The number of ketones is 1. The molecule has 0 aromatic heterocycles. The maximum absolute atomic E-state index is 12.6. The van der Waals surface area contributed by atoms with E-state index in [4.69, 9.17) is 21.1 Å². The van der Waals surface area contributed by atoms with Crippen molar-refractivity contribution in [3.63, 3.8) is 0 Å². The molecule has 4 rings (SSSR count). The van der Waals surface area contributed by atoms with Crippen molar-refractivity contribution in [3.05, 3.63) is 34.9 Å². The van der Waals surface area contributed by atoms with E-state index in [9.17, 15) is 14.4 Å².